The molecule has 0 radical (unpaired) electrons. The number of nitrogens with zero attached hydrogens (tertiary/aromatic N) is 2. The van der Waals surface area contributed by atoms with Gasteiger partial charge in [-0.05, 0) is 16.7 Å². The van der Waals surface area contributed by atoms with Crippen LogP contribution in [0.25, 0.3) is 0 Å². The number of hydrogen-bond donors (Lipinski definition) is 1. The molecular weight excluding hydrogens is 364 g/mol. The number of esters is 1. The van der Waals surface area contributed by atoms with Crippen LogP contribution >= 0.6 is 0 Å². The predicted molar refractivity (Wildman–Crippen MR) is 95.7 cm³/mol. The highest BCUT2D eigenvalue weighted by Gasteiger charge is 2.51. The number of carboxylic acid groups (broad SMARTS) is 1. The van der Waals surface area contributed by atoms with E-state index in [9.17, 15) is 19.5 Å². The Morgan fingerprint density at radius 2 is 1.71 bits per heavy atom. The highest BCUT2D eigenvalue weighted by Crippen LogP contribution is 2.43. The summed E-state index contributed by atoms with van der Waals surface area (Å²) in [6.07, 6.45) is 0. The van der Waals surface area contributed by atoms with Gasteiger partial charge >= 0.3 is 18.0 Å². The van der Waals surface area contributed by atoms with Crippen molar-refractivity contribution < 1.29 is 29.1 Å². The molecular formula is C20H18N2O6. The first-order chi connectivity index (χ1) is 13.6. The number of carboxylic acids is 1. The number of carbonyl (C=O) groups is 3. The summed E-state index contributed by atoms with van der Waals surface area (Å²) >= 11 is 0. The van der Waals surface area contributed by atoms with Crippen LogP contribution in [-0.4, -0.2) is 46.2 Å². The molecule has 0 aliphatic carbocycles. The number of rotatable bonds is 6. The molecule has 2 bridgehead atoms. The first-order valence-corrected chi connectivity index (χ1v) is 8.80. The van der Waals surface area contributed by atoms with Crippen LogP contribution in [-0.2, 0) is 25.8 Å². The van der Waals surface area contributed by atoms with Crippen molar-refractivity contribution in [2.45, 2.75) is 18.7 Å². The van der Waals surface area contributed by atoms with Gasteiger partial charge in [0.15, 0.2) is 12.6 Å². The predicted octanol–water partition coefficient (Wildman–Crippen LogP) is 2.28. The number of ether oxygens (including phenoxy) is 1. The normalized spacial score (nSPS) is 20.1. The van der Waals surface area contributed by atoms with Crippen molar-refractivity contribution in [3.05, 3.63) is 71.3 Å². The Labute approximate surface area is 160 Å². The minimum Gasteiger partial charge on any atom is -0.479 e. The van der Waals surface area contributed by atoms with Crippen molar-refractivity contribution in [2.75, 3.05) is 13.2 Å². The molecule has 8 heteroatoms. The Morgan fingerprint density at radius 1 is 1.04 bits per heavy atom. The number of fused-ring (bicyclic) bond motifs is 4. The lowest BCUT2D eigenvalue weighted by Gasteiger charge is -2.29. The average Bonchev–Trinajstić information content (AvgIpc) is 2.98. The molecule has 1 fully saturated rings. The summed E-state index contributed by atoms with van der Waals surface area (Å²) in [6.45, 7) is -0.148. The van der Waals surface area contributed by atoms with E-state index in [1.165, 1.54) is 4.90 Å². The SMILES string of the molecule is O=C(CON1C(=O)N2C[C@H]1c1ccccc1[C@@H]2C(=O)O)OCc1ccccc1. The molecule has 1 N–H and O–H groups in total. The van der Waals surface area contributed by atoms with E-state index in [0.29, 0.717) is 11.1 Å². The number of benzene rings is 2. The van der Waals surface area contributed by atoms with E-state index in [1.807, 2.05) is 30.3 Å². The molecule has 2 heterocycles. The van der Waals surface area contributed by atoms with E-state index in [0.717, 1.165) is 10.6 Å². The lowest BCUT2D eigenvalue weighted by Crippen LogP contribution is -2.38. The monoisotopic (exact) mass is 382 g/mol. The third-order valence-electron chi connectivity index (χ3n) is 4.85. The molecule has 2 aliphatic heterocycles. The van der Waals surface area contributed by atoms with Crippen molar-refractivity contribution in [2.24, 2.45) is 0 Å². The molecule has 144 valence electrons. The number of hydrogen-bond acceptors (Lipinski definition) is 5. The van der Waals surface area contributed by atoms with Crippen LogP contribution in [0.2, 0.25) is 0 Å². The van der Waals surface area contributed by atoms with E-state index in [-0.39, 0.29) is 13.2 Å². The van der Waals surface area contributed by atoms with Crippen molar-refractivity contribution in [3.63, 3.8) is 0 Å². The van der Waals surface area contributed by atoms with Gasteiger partial charge in [0, 0.05) is 0 Å². The minimum atomic E-state index is -1.11. The summed E-state index contributed by atoms with van der Waals surface area (Å²) < 4.78 is 5.15. The molecule has 1 saturated heterocycles. The number of amides is 2. The molecule has 0 saturated carbocycles. The van der Waals surface area contributed by atoms with Gasteiger partial charge in [-0.25, -0.2) is 14.4 Å². The van der Waals surface area contributed by atoms with E-state index in [4.69, 9.17) is 9.57 Å². The van der Waals surface area contributed by atoms with Crippen molar-refractivity contribution >= 4 is 18.0 Å². The summed E-state index contributed by atoms with van der Waals surface area (Å²) in [5.41, 5.74) is 2.10. The zero-order valence-corrected chi connectivity index (χ0v) is 14.9. The molecule has 2 aliphatic rings. The smallest absolute Gasteiger partial charge is 0.345 e. The lowest BCUT2D eigenvalue weighted by atomic mass is 9.91. The van der Waals surface area contributed by atoms with Crippen LogP contribution in [0.1, 0.15) is 28.8 Å². The number of carbonyl (C=O) groups excluding carboxylic acids is 2. The second kappa shape index (κ2) is 7.32. The van der Waals surface area contributed by atoms with Crippen LogP contribution in [0.15, 0.2) is 54.6 Å². The van der Waals surface area contributed by atoms with Gasteiger partial charge in [0.25, 0.3) is 0 Å². The fraction of sp³-hybridized carbons (Fsp3) is 0.250. The van der Waals surface area contributed by atoms with E-state index in [1.54, 1.807) is 24.3 Å². The van der Waals surface area contributed by atoms with Gasteiger partial charge in [-0.3, -0.25) is 4.84 Å². The molecule has 0 unspecified atom stereocenters. The highest BCUT2D eigenvalue weighted by atomic mass is 16.7. The van der Waals surface area contributed by atoms with Gasteiger partial charge in [-0.15, -0.1) is 0 Å². The van der Waals surface area contributed by atoms with Crippen molar-refractivity contribution in [3.8, 4) is 0 Å². The minimum absolute atomic E-state index is 0.108. The van der Waals surface area contributed by atoms with Gasteiger partial charge in [0.05, 0.1) is 6.54 Å². The molecule has 0 spiro atoms. The number of aliphatic carboxylic acids is 1. The maximum absolute atomic E-state index is 12.7. The molecule has 2 atom stereocenters. The first-order valence-electron chi connectivity index (χ1n) is 8.80. The second-order valence-corrected chi connectivity index (χ2v) is 6.57. The summed E-state index contributed by atoms with van der Waals surface area (Å²) in [7, 11) is 0. The third-order valence-corrected chi connectivity index (χ3v) is 4.85. The molecule has 28 heavy (non-hydrogen) atoms. The fourth-order valence-electron chi connectivity index (χ4n) is 3.58. The Bertz CT molecular complexity index is 916. The third kappa shape index (κ3) is 3.18. The summed E-state index contributed by atoms with van der Waals surface area (Å²) in [5, 5.41) is 10.7. The van der Waals surface area contributed by atoms with Gasteiger partial charge in [0.2, 0.25) is 0 Å². The van der Waals surface area contributed by atoms with Crippen molar-refractivity contribution in [1.29, 1.82) is 0 Å². The van der Waals surface area contributed by atoms with Crippen LogP contribution < -0.4 is 0 Å². The van der Waals surface area contributed by atoms with Crippen LogP contribution in [0, 0.1) is 0 Å². The Balaban J connectivity index is 1.44. The lowest BCUT2D eigenvalue weighted by molar-refractivity contribution is -0.174. The second-order valence-electron chi connectivity index (χ2n) is 6.57. The summed E-state index contributed by atoms with van der Waals surface area (Å²) in [5.74, 6) is -1.72. The average molecular weight is 382 g/mol. The van der Waals surface area contributed by atoms with Gasteiger partial charge in [-0.2, -0.15) is 5.06 Å². The molecule has 2 amide bonds. The van der Waals surface area contributed by atoms with Crippen molar-refractivity contribution in [1.82, 2.24) is 9.96 Å². The Hall–Kier alpha value is -3.39. The molecule has 0 aromatic heterocycles. The van der Waals surface area contributed by atoms with E-state index < -0.39 is 36.7 Å². The van der Waals surface area contributed by atoms with E-state index >= 15 is 0 Å². The van der Waals surface area contributed by atoms with Gasteiger partial charge in [-0.1, -0.05) is 54.6 Å². The standard InChI is InChI=1S/C20H18N2O6/c23-17(27-11-13-6-2-1-3-7-13)12-28-22-16-10-21(20(22)26)18(19(24)25)15-9-5-4-8-14(15)16/h1-9,16,18H,10-12H2,(H,24,25)/t16-,18+/m0/s1. The summed E-state index contributed by atoms with van der Waals surface area (Å²) in [6, 6.07) is 14.1. The Morgan fingerprint density at radius 3 is 2.43 bits per heavy atom. The van der Waals surface area contributed by atoms with Gasteiger partial charge in [0.1, 0.15) is 12.6 Å². The van der Waals surface area contributed by atoms with Crippen LogP contribution in [0.4, 0.5) is 4.79 Å². The first kappa shape index (κ1) is 18.0. The molecule has 4 rings (SSSR count). The quantitative estimate of drug-likeness (QED) is 0.770. The highest BCUT2D eigenvalue weighted by molar-refractivity contribution is 5.87. The maximum Gasteiger partial charge on any atom is 0.345 e. The molecule has 2 aromatic carbocycles. The largest absolute Gasteiger partial charge is 0.479 e. The van der Waals surface area contributed by atoms with Crippen LogP contribution in [0.5, 0.6) is 0 Å². The maximum atomic E-state index is 12.7. The number of urea groups is 1. The molecule has 2 aromatic rings. The van der Waals surface area contributed by atoms with Gasteiger partial charge < -0.3 is 14.7 Å². The van der Waals surface area contributed by atoms with Crippen LogP contribution in [0.3, 0.4) is 0 Å². The zero-order valence-electron chi connectivity index (χ0n) is 14.9. The topological polar surface area (TPSA) is 96.4 Å². The Kier molecular flexibility index (Phi) is 4.70. The summed E-state index contributed by atoms with van der Waals surface area (Å²) in [4.78, 5) is 43.1. The zero-order chi connectivity index (χ0) is 19.7. The molecule has 8 nitrogen and oxygen atoms in total. The fourth-order valence-corrected chi connectivity index (χ4v) is 3.58. The van der Waals surface area contributed by atoms with E-state index in [2.05, 4.69) is 0 Å². The number of hydroxylamine groups is 2.